The van der Waals surface area contributed by atoms with E-state index in [2.05, 4.69) is 0 Å². The van der Waals surface area contributed by atoms with E-state index in [1.165, 1.54) is 12.1 Å². The van der Waals surface area contributed by atoms with Crippen LogP contribution in [0.4, 0.5) is 0 Å². The molecule has 8 nitrogen and oxygen atoms in total. The molecule has 0 fully saturated rings. The summed E-state index contributed by atoms with van der Waals surface area (Å²) in [6.45, 7) is 2.94. The van der Waals surface area contributed by atoms with Crippen LogP contribution >= 0.6 is 11.3 Å². The van der Waals surface area contributed by atoms with Crippen molar-refractivity contribution < 1.29 is 29.0 Å². The van der Waals surface area contributed by atoms with Crippen LogP contribution < -0.4 is 4.74 Å². The summed E-state index contributed by atoms with van der Waals surface area (Å²) in [5.74, 6) is -1.93. The fraction of sp³-hybridized carbons (Fsp3) is 0.227. The molecule has 31 heavy (non-hydrogen) atoms. The molecule has 0 aliphatic rings. The van der Waals surface area contributed by atoms with Crippen molar-refractivity contribution in [3.63, 3.8) is 0 Å². The van der Waals surface area contributed by atoms with Crippen LogP contribution in [-0.2, 0) is 20.7 Å². The molecule has 2 aromatic rings. The number of carbonyl (C=O) groups excluding carboxylic acids is 2. The molecule has 2 rings (SSSR count). The summed E-state index contributed by atoms with van der Waals surface area (Å²) in [5, 5.41) is 27.6. The lowest BCUT2D eigenvalue weighted by atomic mass is 10.0. The molecule has 0 aliphatic carbocycles. The molecular formula is C22H18N2O6S. The summed E-state index contributed by atoms with van der Waals surface area (Å²) in [7, 11) is 0. The highest BCUT2D eigenvalue weighted by Gasteiger charge is 2.23. The predicted octanol–water partition coefficient (Wildman–Crippen LogP) is 3.29. The van der Waals surface area contributed by atoms with Gasteiger partial charge in [-0.1, -0.05) is 12.1 Å². The number of hydrogen-bond acceptors (Lipinski definition) is 8. The number of thiophene rings is 1. The summed E-state index contributed by atoms with van der Waals surface area (Å²) in [5.41, 5.74) is 0.994. The van der Waals surface area contributed by atoms with Crippen molar-refractivity contribution in [1.29, 1.82) is 10.5 Å². The molecule has 0 bridgehead atoms. The van der Waals surface area contributed by atoms with Crippen molar-refractivity contribution in [1.82, 2.24) is 0 Å². The van der Waals surface area contributed by atoms with Gasteiger partial charge in [0.1, 0.15) is 22.8 Å². The molecule has 158 valence electrons. The van der Waals surface area contributed by atoms with E-state index in [-0.39, 0.29) is 34.8 Å². The highest BCUT2D eigenvalue weighted by atomic mass is 32.1. The molecule has 9 heteroatoms. The standard InChI is InChI=1S/C22H18N2O6S/c1-3-29-22(28)21-13(2)17(11-24)19(31-21)9-18(25)15(10-23)7-14-5-4-6-16(8-14)30-12-20(26)27/h4-8H,3,9,12H2,1-2H3,(H,26,27)/b15-7+. The minimum atomic E-state index is -1.13. The number of ether oxygens (including phenoxy) is 2. The van der Waals surface area contributed by atoms with E-state index < -0.39 is 24.3 Å². The molecule has 0 unspecified atom stereocenters. The van der Waals surface area contributed by atoms with Crippen LogP contribution in [0.3, 0.4) is 0 Å². The number of benzene rings is 1. The second kappa shape index (κ2) is 10.7. The lowest BCUT2D eigenvalue weighted by Crippen LogP contribution is -2.09. The smallest absolute Gasteiger partial charge is 0.348 e. The zero-order valence-electron chi connectivity index (χ0n) is 16.8. The number of rotatable bonds is 9. The summed E-state index contributed by atoms with van der Waals surface area (Å²) in [6, 6.07) is 10.1. The van der Waals surface area contributed by atoms with Gasteiger partial charge in [-0.3, -0.25) is 4.79 Å². The van der Waals surface area contributed by atoms with Gasteiger partial charge in [0.25, 0.3) is 0 Å². The maximum absolute atomic E-state index is 12.7. The number of carboxylic acids is 1. The molecule has 1 N–H and O–H groups in total. The number of Topliss-reactive ketones (excluding diaryl/α,β-unsaturated/α-hetero) is 1. The maximum Gasteiger partial charge on any atom is 0.348 e. The third-order valence-electron chi connectivity index (χ3n) is 4.07. The number of aliphatic carboxylic acids is 1. The molecule has 1 heterocycles. The summed E-state index contributed by atoms with van der Waals surface area (Å²) in [6.07, 6.45) is 1.14. The number of nitrogens with zero attached hydrogens (tertiary/aromatic N) is 2. The average molecular weight is 438 g/mol. The predicted molar refractivity (Wildman–Crippen MR) is 112 cm³/mol. The van der Waals surface area contributed by atoms with Gasteiger partial charge in [0, 0.05) is 11.3 Å². The van der Waals surface area contributed by atoms with Crippen molar-refractivity contribution in [2.45, 2.75) is 20.3 Å². The van der Waals surface area contributed by atoms with Gasteiger partial charge in [-0.2, -0.15) is 10.5 Å². The Hall–Kier alpha value is -3.95. The number of carbonyl (C=O) groups is 3. The van der Waals surface area contributed by atoms with Crippen molar-refractivity contribution in [3.05, 3.63) is 56.3 Å². The van der Waals surface area contributed by atoms with Gasteiger partial charge < -0.3 is 14.6 Å². The van der Waals surface area contributed by atoms with Gasteiger partial charge in [0.05, 0.1) is 17.7 Å². The van der Waals surface area contributed by atoms with Crippen LogP contribution in [0.15, 0.2) is 29.8 Å². The Morgan fingerprint density at radius 2 is 2.00 bits per heavy atom. The molecule has 0 saturated heterocycles. The first-order chi connectivity index (χ1) is 14.8. The van der Waals surface area contributed by atoms with Gasteiger partial charge in [-0.25, -0.2) is 9.59 Å². The Morgan fingerprint density at radius 1 is 1.26 bits per heavy atom. The summed E-state index contributed by atoms with van der Waals surface area (Å²) in [4.78, 5) is 36.1. The van der Waals surface area contributed by atoms with Crippen molar-refractivity contribution in [2.24, 2.45) is 0 Å². The summed E-state index contributed by atoms with van der Waals surface area (Å²) < 4.78 is 10.1. The van der Waals surface area contributed by atoms with E-state index in [1.54, 1.807) is 32.0 Å². The first-order valence-electron chi connectivity index (χ1n) is 9.09. The second-order valence-electron chi connectivity index (χ2n) is 6.21. The van der Waals surface area contributed by atoms with Gasteiger partial charge in [0.2, 0.25) is 0 Å². The lowest BCUT2D eigenvalue weighted by Gasteiger charge is -2.04. The van der Waals surface area contributed by atoms with E-state index in [0.29, 0.717) is 16.0 Å². The number of nitriles is 2. The average Bonchev–Trinajstić information content (AvgIpc) is 3.05. The van der Waals surface area contributed by atoms with E-state index in [4.69, 9.17) is 14.6 Å². The largest absolute Gasteiger partial charge is 0.482 e. The van der Waals surface area contributed by atoms with E-state index in [1.807, 2.05) is 12.1 Å². The summed E-state index contributed by atoms with van der Waals surface area (Å²) >= 11 is 1.00. The van der Waals surface area contributed by atoms with Crippen LogP contribution in [0.1, 0.15) is 38.2 Å². The Morgan fingerprint density at radius 3 is 2.61 bits per heavy atom. The van der Waals surface area contributed by atoms with Crippen LogP contribution in [0, 0.1) is 29.6 Å². The maximum atomic E-state index is 12.7. The first-order valence-corrected chi connectivity index (χ1v) is 9.91. The van der Waals surface area contributed by atoms with Crippen LogP contribution in [0.25, 0.3) is 6.08 Å². The third kappa shape index (κ3) is 6.01. The van der Waals surface area contributed by atoms with E-state index in [0.717, 1.165) is 11.3 Å². The first kappa shape index (κ1) is 23.3. The molecule has 1 aromatic heterocycles. The number of carboxylic acid groups (broad SMARTS) is 1. The molecule has 1 aromatic carbocycles. The van der Waals surface area contributed by atoms with E-state index >= 15 is 0 Å². The van der Waals surface area contributed by atoms with Crippen LogP contribution in [0.2, 0.25) is 0 Å². The Kier molecular flexibility index (Phi) is 8.07. The zero-order chi connectivity index (χ0) is 23.0. The van der Waals surface area contributed by atoms with Crippen molar-refractivity contribution in [2.75, 3.05) is 13.2 Å². The third-order valence-corrected chi connectivity index (χ3v) is 5.34. The van der Waals surface area contributed by atoms with Gasteiger partial charge >= 0.3 is 11.9 Å². The van der Waals surface area contributed by atoms with Crippen molar-refractivity contribution >= 4 is 35.1 Å². The molecular weight excluding hydrogens is 420 g/mol. The van der Waals surface area contributed by atoms with Gasteiger partial charge in [-0.05, 0) is 43.2 Å². The highest BCUT2D eigenvalue weighted by Crippen LogP contribution is 2.29. The Labute approximate surface area is 182 Å². The van der Waals surface area contributed by atoms with Crippen molar-refractivity contribution in [3.8, 4) is 17.9 Å². The minimum Gasteiger partial charge on any atom is -0.482 e. The Balaban J connectivity index is 2.28. The highest BCUT2D eigenvalue weighted by molar-refractivity contribution is 7.14. The molecule has 0 atom stereocenters. The molecule has 0 spiro atoms. The molecule has 0 aliphatic heterocycles. The SMILES string of the molecule is CCOC(=O)c1sc(CC(=O)/C(C#N)=C/c2cccc(OCC(=O)O)c2)c(C#N)c1C. The monoisotopic (exact) mass is 438 g/mol. The topological polar surface area (TPSA) is 137 Å². The van der Waals surface area contributed by atoms with Gasteiger partial charge in [-0.15, -0.1) is 11.3 Å². The number of allylic oxidation sites excluding steroid dienone is 1. The second-order valence-corrected chi connectivity index (χ2v) is 7.32. The fourth-order valence-electron chi connectivity index (χ4n) is 2.66. The minimum absolute atomic E-state index is 0.150. The van der Waals surface area contributed by atoms with Gasteiger partial charge in [0.15, 0.2) is 12.4 Å². The molecule has 0 saturated carbocycles. The van der Waals surface area contributed by atoms with Crippen LogP contribution in [-0.4, -0.2) is 36.0 Å². The fourth-order valence-corrected chi connectivity index (χ4v) is 3.81. The molecule has 0 radical (unpaired) electrons. The van der Waals surface area contributed by atoms with E-state index in [9.17, 15) is 24.9 Å². The lowest BCUT2D eigenvalue weighted by molar-refractivity contribution is -0.139. The Bertz CT molecular complexity index is 1130. The quantitative estimate of drug-likeness (QED) is 0.358. The number of ketones is 1. The number of esters is 1. The zero-order valence-corrected chi connectivity index (χ0v) is 17.6. The van der Waals surface area contributed by atoms with Crippen LogP contribution in [0.5, 0.6) is 5.75 Å². The normalized spacial score (nSPS) is 10.6. The molecule has 0 amide bonds. The number of hydrogen-bond donors (Lipinski definition) is 1.